The summed E-state index contributed by atoms with van der Waals surface area (Å²) in [5.41, 5.74) is 1.73. The van der Waals surface area contributed by atoms with Crippen molar-refractivity contribution in [1.29, 1.82) is 0 Å². The van der Waals surface area contributed by atoms with E-state index < -0.39 is 0 Å². The van der Waals surface area contributed by atoms with E-state index in [2.05, 4.69) is 9.97 Å². The third-order valence-corrected chi connectivity index (χ3v) is 3.87. The van der Waals surface area contributed by atoms with Gasteiger partial charge in [0.25, 0.3) is 5.91 Å². The standard InChI is InChI=1S/C16H16ClN3O2/c1-11-4-2-3-5-14(11)15(21)20-7-6-13(10-20)22-16-18-8-12(17)9-19-16/h2-5,8-9,13H,6-7,10H2,1H3/t13-/m0/s1. The summed E-state index contributed by atoms with van der Waals surface area (Å²) in [5.74, 6) is 0.0428. The highest BCUT2D eigenvalue weighted by Gasteiger charge is 2.29. The molecule has 1 aromatic heterocycles. The fraction of sp³-hybridized carbons (Fsp3) is 0.312. The van der Waals surface area contributed by atoms with Crippen LogP contribution in [0, 0.1) is 6.92 Å². The number of hydrogen-bond donors (Lipinski definition) is 0. The van der Waals surface area contributed by atoms with Crippen LogP contribution in [0.25, 0.3) is 0 Å². The van der Waals surface area contributed by atoms with Crippen LogP contribution in [0.1, 0.15) is 22.3 Å². The van der Waals surface area contributed by atoms with Crippen LogP contribution in [-0.2, 0) is 0 Å². The fourth-order valence-corrected chi connectivity index (χ4v) is 2.60. The van der Waals surface area contributed by atoms with Gasteiger partial charge >= 0.3 is 6.01 Å². The molecule has 2 heterocycles. The topological polar surface area (TPSA) is 55.3 Å². The van der Waals surface area contributed by atoms with E-state index in [9.17, 15) is 4.79 Å². The van der Waals surface area contributed by atoms with E-state index in [-0.39, 0.29) is 12.0 Å². The van der Waals surface area contributed by atoms with Crippen LogP contribution in [0.15, 0.2) is 36.7 Å². The Morgan fingerprint density at radius 1 is 1.32 bits per heavy atom. The van der Waals surface area contributed by atoms with Crippen molar-refractivity contribution in [2.24, 2.45) is 0 Å². The average Bonchev–Trinajstić information content (AvgIpc) is 2.98. The summed E-state index contributed by atoms with van der Waals surface area (Å²) in [6, 6.07) is 7.90. The van der Waals surface area contributed by atoms with E-state index in [1.54, 1.807) is 0 Å². The van der Waals surface area contributed by atoms with Gasteiger partial charge in [-0.25, -0.2) is 9.97 Å². The summed E-state index contributed by atoms with van der Waals surface area (Å²) >= 11 is 5.74. The Morgan fingerprint density at radius 2 is 2.05 bits per heavy atom. The molecule has 0 spiro atoms. The molecule has 3 rings (SSSR count). The van der Waals surface area contributed by atoms with E-state index in [0.717, 1.165) is 17.5 Å². The van der Waals surface area contributed by atoms with Gasteiger partial charge < -0.3 is 9.64 Å². The molecule has 1 amide bonds. The summed E-state index contributed by atoms with van der Waals surface area (Å²) in [6.45, 7) is 3.16. The average molecular weight is 318 g/mol. The Hall–Kier alpha value is -2.14. The zero-order chi connectivity index (χ0) is 15.5. The predicted octanol–water partition coefficient (Wildman–Crippen LogP) is 2.73. The first-order valence-electron chi connectivity index (χ1n) is 7.12. The van der Waals surface area contributed by atoms with Crippen molar-refractivity contribution in [1.82, 2.24) is 14.9 Å². The molecule has 1 aliphatic heterocycles. The minimum atomic E-state index is -0.0888. The fourth-order valence-electron chi connectivity index (χ4n) is 2.50. The zero-order valence-corrected chi connectivity index (χ0v) is 13.0. The van der Waals surface area contributed by atoms with Gasteiger partial charge in [-0.05, 0) is 18.6 Å². The molecule has 0 saturated carbocycles. The van der Waals surface area contributed by atoms with Crippen LogP contribution >= 0.6 is 11.6 Å². The van der Waals surface area contributed by atoms with Crippen LogP contribution < -0.4 is 4.74 Å². The first-order valence-corrected chi connectivity index (χ1v) is 7.50. The van der Waals surface area contributed by atoms with Gasteiger partial charge in [0.15, 0.2) is 0 Å². The van der Waals surface area contributed by atoms with Crippen molar-refractivity contribution in [3.8, 4) is 6.01 Å². The molecule has 1 aliphatic rings. The first-order chi connectivity index (χ1) is 10.6. The number of nitrogens with zero attached hydrogens (tertiary/aromatic N) is 3. The molecule has 1 atom stereocenters. The van der Waals surface area contributed by atoms with Gasteiger partial charge in [-0.2, -0.15) is 0 Å². The molecule has 1 saturated heterocycles. The maximum atomic E-state index is 12.5. The normalized spacial score (nSPS) is 17.5. The van der Waals surface area contributed by atoms with Crippen molar-refractivity contribution in [3.05, 3.63) is 52.8 Å². The summed E-state index contributed by atoms with van der Waals surface area (Å²) in [7, 11) is 0. The second kappa shape index (κ2) is 6.32. The van der Waals surface area contributed by atoms with Crippen molar-refractivity contribution < 1.29 is 9.53 Å². The molecular weight excluding hydrogens is 302 g/mol. The number of carbonyl (C=O) groups is 1. The number of benzene rings is 1. The summed E-state index contributed by atoms with van der Waals surface area (Å²) in [5, 5.41) is 0.468. The highest BCUT2D eigenvalue weighted by Crippen LogP contribution is 2.19. The summed E-state index contributed by atoms with van der Waals surface area (Å²) in [6.07, 6.45) is 3.67. The number of amides is 1. The van der Waals surface area contributed by atoms with E-state index >= 15 is 0 Å². The maximum Gasteiger partial charge on any atom is 0.316 e. The van der Waals surface area contributed by atoms with E-state index in [4.69, 9.17) is 16.3 Å². The minimum absolute atomic E-state index is 0.0428. The predicted molar refractivity (Wildman–Crippen MR) is 83.2 cm³/mol. The molecule has 0 aliphatic carbocycles. The number of halogens is 1. The zero-order valence-electron chi connectivity index (χ0n) is 12.2. The minimum Gasteiger partial charge on any atom is -0.458 e. The van der Waals surface area contributed by atoms with Crippen LogP contribution in [0.5, 0.6) is 6.01 Å². The summed E-state index contributed by atoms with van der Waals surface area (Å²) in [4.78, 5) is 22.4. The van der Waals surface area contributed by atoms with Crippen LogP contribution in [0.4, 0.5) is 0 Å². The molecule has 5 nitrogen and oxygen atoms in total. The van der Waals surface area contributed by atoms with Crippen molar-refractivity contribution in [2.45, 2.75) is 19.4 Å². The Labute approximate surface area is 133 Å². The van der Waals surface area contributed by atoms with Gasteiger partial charge in [-0.3, -0.25) is 4.79 Å². The van der Waals surface area contributed by atoms with Crippen molar-refractivity contribution >= 4 is 17.5 Å². The lowest BCUT2D eigenvalue weighted by Gasteiger charge is -2.17. The van der Waals surface area contributed by atoms with Crippen molar-refractivity contribution in [2.75, 3.05) is 13.1 Å². The van der Waals surface area contributed by atoms with Gasteiger partial charge in [0.1, 0.15) is 6.10 Å². The second-order valence-corrected chi connectivity index (χ2v) is 5.71. The monoisotopic (exact) mass is 317 g/mol. The van der Waals surface area contributed by atoms with Gasteiger partial charge in [0.2, 0.25) is 0 Å². The third kappa shape index (κ3) is 3.20. The molecule has 22 heavy (non-hydrogen) atoms. The molecule has 0 unspecified atom stereocenters. The second-order valence-electron chi connectivity index (χ2n) is 5.28. The smallest absolute Gasteiger partial charge is 0.316 e. The van der Waals surface area contributed by atoms with E-state index in [1.807, 2.05) is 36.1 Å². The number of likely N-dealkylation sites (tertiary alicyclic amines) is 1. The Morgan fingerprint density at radius 3 is 2.77 bits per heavy atom. The Balaban J connectivity index is 1.63. The van der Waals surface area contributed by atoms with E-state index in [0.29, 0.717) is 24.1 Å². The number of rotatable bonds is 3. The maximum absolute atomic E-state index is 12.5. The van der Waals surface area contributed by atoms with Gasteiger partial charge in [-0.15, -0.1) is 0 Å². The molecule has 114 valence electrons. The largest absolute Gasteiger partial charge is 0.458 e. The van der Waals surface area contributed by atoms with E-state index in [1.165, 1.54) is 12.4 Å². The molecule has 0 N–H and O–H groups in total. The SMILES string of the molecule is Cc1ccccc1C(=O)N1CC[C@H](Oc2ncc(Cl)cn2)C1. The molecule has 2 aromatic rings. The first kappa shape index (κ1) is 14.8. The number of ether oxygens (including phenoxy) is 1. The highest BCUT2D eigenvalue weighted by molar-refractivity contribution is 6.30. The number of aryl methyl sites for hydroxylation is 1. The molecule has 6 heteroatoms. The molecule has 1 aromatic carbocycles. The highest BCUT2D eigenvalue weighted by atomic mass is 35.5. The van der Waals surface area contributed by atoms with Crippen LogP contribution in [0.3, 0.4) is 0 Å². The lowest BCUT2D eigenvalue weighted by atomic mass is 10.1. The molecular formula is C16H16ClN3O2. The van der Waals surface area contributed by atoms with Crippen molar-refractivity contribution in [3.63, 3.8) is 0 Å². The van der Waals surface area contributed by atoms with Crippen LogP contribution in [0.2, 0.25) is 5.02 Å². The quantitative estimate of drug-likeness (QED) is 0.873. The van der Waals surface area contributed by atoms with Crippen LogP contribution in [-0.4, -0.2) is 40.0 Å². The lowest BCUT2D eigenvalue weighted by Crippen LogP contribution is -2.31. The molecule has 0 bridgehead atoms. The third-order valence-electron chi connectivity index (χ3n) is 3.68. The molecule has 0 radical (unpaired) electrons. The van der Waals surface area contributed by atoms with Gasteiger partial charge in [-0.1, -0.05) is 29.8 Å². The Kier molecular flexibility index (Phi) is 4.24. The summed E-state index contributed by atoms with van der Waals surface area (Å²) < 4.78 is 5.70. The van der Waals surface area contributed by atoms with Gasteiger partial charge in [0.05, 0.1) is 24.0 Å². The van der Waals surface area contributed by atoms with Gasteiger partial charge in [0, 0.05) is 18.5 Å². The number of hydrogen-bond acceptors (Lipinski definition) is 4. The number of aromatic nitrogens is 2. The number of carbonyl (C=O) groups excluding carboxylic acids is 1. The lowest BCUT2D eigenvalue weighted by molar-refractivity contribution is 0.0769. The Bertz CT molecular complexity index is 675. The molecule has 1 fully saturated rings.